The molecule has 0 bridgehead atoms. The van der Waals surface area contributed by atoms with Crippen molar-refractivity contribution < 1.29 is 10.2 Å². The van der Waals surface area contributed by atoms with Gasteiger partial charge in [-0.3, -0.25) is 0 Å². The van der Waals surface area contributed by atoms with Crippen LogP contribution in [0.25, 0.3) is 0 Å². The zero-order valence-electron chi connectivity index (χ0n) is 10.3. The fourth-order valence-electron chi connectivity index (χ4n) is 1.61. The number of benzene rings is 1. The van der Waals surface area contributed by atoms with E-state index in [1.54, 1.807) is 0 Å². The van der Waals surface area contributed by atoms with Crippen LogP contribution in [0.15, 0.2) is 24.3 Å². The molecular weight excluding hydrogens is 202 g/mol. The van der Waals surface area contributed by atoms with Gasteiger partial charge in [-0.15, -0.1) is 0 Å². The van der Waals surface area contributed by atoms with Crippen LogP contribution in [0.5, 0.6) is 0 Å². The average molecular weight is 223 g/mol. The molecule has 0 saturated heterocycles. The highest BCUT2D eigenvalue weighted by atomic mass is 16.3. The quantitative estimate of drug-likeness (QED) is 0.793. The van der Waals surface area contributed by atoms with Gasteiger partial charge in [-0.25, -0.2) is 0 Å². The van der Waals surface area contributed by atoms with E-state index in [-0.39, 0.29) is 13.2 Å². The van der Waals surface area contributed by atoms with Gasteiger partial charge in [0.1, 0.15) is 0 Å². The highest BCUT2D eigenvalue weighted by molar-refractivity contribution is 5.46. The van der Waals surface area contributed by atoms with Crippen molar-refractivity contribution in [2.45, 2.75) is 13.8 Å². The molecular formula is C13H21NO2. The average Bonchev–Trinajstić information content (AvgIpc) is 2.29. The van der Waals surface area contributed by atoms with Crippen molar-refractivity contribution in [3.63, 3.8) is 0 Å². The second-order valence-electron chi connectivity index (χ2n) is 4.82. The van der Waals surface area contributed by atoms with E-state index in [2.05, 4.69) is 19.1 Å². The number of nitrogens with zero attached hydrogens (tertiary/aromatic N) is 1. The smallest absolute Gasteiger partial charge is 0.0523 e. The fraction of sp³-hybridized carbons (Fsp3) is 0.538. The molecule has 0 aliphatic heterocycles. The molecule has 3 nitrogen and oxygen atoms in total. The van der Waals surface area contributed by atoms with Crippen molar-refractivity contribution in [2.24, 2.45) is 5.41 Å². The lowest BCUT2D eigenvalue weighted by molar-refractivity contribution is 0.0763. The second kappa shape index (κ2) is 5.32. The Kier molecular flexibility index (Phi) is 4.33. The molecule has 0 aliphatic rings. The van der Waals surface area contributed by atoms with Crippen molar-refractivity contribution in [3.05, 3.63) is 29.8 Å². The summed E-state index contributed by atoms with van der Waals surface area (Å²) in [5.74, 6) is 0. The molecule has 0 fully saturated rings. The van der Waals surface area contributed by atoms with Crippen LogP contribution in [-0.2, 0) is 0 Å². The van der Waals surface area contributed by atoms with E-state index >= 15 is 0 Å². The van der Waals surface area contributed by atoms with Crippen LogP contribution >= 0.6 is 0 Å². The van der Waals surface area contributed by atoms with E-state index in [0.29, 0.717) is 6.54 Å². The van der Waals surface area contributed by atoms with Crippen molar-refractivity contribution in [1.82, 2.24) is 0 Å². The fourth-order valence-corrected chi connectivity index (χ4v) is 1.61. The molecule has 0 amide bonds. The first-order chi connectivity index (χ1) is 7.50. The summed E-state index contributed by atoms with van der Waals surface area (Å²) in [6.07, 6.45) is 0. The normalized spacial score (nSPS) is 11.6. The Bertz CT molecular complexity index is 317. The highest BCUT2D eigenvalue weighted by Crippen LogP contribution is 2.20. The lowest BCUT2D eigenvalue weighted by atomic mass is 9.92. The van der Waals surface area contributed by atoms with Gasteiger partial charge < -0.3 is 15.1 Å². The maximum atomic E-state index is 9.24. The van der Waals surface area contributed by atoms with Gasteiger partial charge >= 0.3 is 0 Å². The predicted molar refractivity (Wildman–Crippen MR) is 66.7 cm³/mol. The topological polar surface area (TPSA) is 43.7 Å². The molecule has 0 heterocycles. The predicted octanol–water partition coefficient (Wildman–Crippen LogP) is 1.42. The van der Waals surface area contributed by atoms with Crippen LogP contribution in [0.1, 0.15) is 12.5 Å². The van der Waals surface area contributed by atoms with Crippen LogP contribution in [0.2, 0.25) is 0 Å². The molecule has 2 N–H and O–H groups in total. The van der Waals surface area contributed by atoms with E-state index in [9.17, 15) is 10.2 Å². The third kappa shape index (κ3) is 3.22. The van der Waals surface area contributed by atoms with E-state index in [1.165, 1.54) is 5.56 Å². The van der Waals surface area contributed by atoms with Gasteiger partial charge in [0.25, 0.3) is 0 Å². The van der Waals surface area contributed by atoms with Gasteiger partial charge in [0.05, 0.1) is 13.2 Å². The molecule has 1 aromatic rings. The van der Waals surface area contributed by atoms with Crippen LogP contribution in [0, 0.1) is 12.3 Å². The van der Waals surface area contributed by atoms with Crippen LogP contribution in [0.3, 0.4) is 0 Å². The van der Waals surface area contributed by atoms with Crippen LogP contribution in [-0.4, -0.2) is 37.0 Å². The van der Waals surface area contributed by atoms with E-state index in [0.717, 1.165) is 5.69 Å². The Hall–Kier alpha value is -1.06. The summed E-state index contributed by atoms with van der Waals surface area (Å²) in [7, 11) is 1.97. The summed E-state index contributed by atoms with van der Waals surface area (Å²) in [4.78, 5) is 2.05. The first-order valence-corrected chi connectivity index (χ1v) is 5.50. The molecule has 1 aromatic carbocycles. The summed E-state index contributed by atoms with van der Waals surface area (Å²) in [6, 6.07) is 8.21. The van der Waals surface area contributed by atoms with Crippen molar-refractivity contribution in [3.8, 4) is 0 Å². The molecule has 0 radical (unpaired) electrons. The van der Waals surface area contributed by atoms with Crippen molar-refractivity contribution >= 4 is 5.69 Å². The molecule has 0 spiro atoms. The minimum Gasteiger partial charge on any atom is -0.396 e. The Labute approximate surface area is 97.3 Å². The molecule has 1 rings (SSSR count). The number of aliphatic hydroxyl groups is 2. The van der Waals surface area contributed by atoms with Gasteiger partial charge in [-0.1, -0.05) is 24.6 Å². The number of aryl methyl sites for hydroxylation is 1. The zero-order chi connectivity index (χ0) is 12.2. The van der Waals surface area contributed by atoms with Crippen molar-refractivity contribution in [1.29, 1.82) is 0 Å². The van der Waals surface area contributed by atoms with E-state index < -0.39 is 5.41 Å². The minimum absolute atomic E-state index is 0.0142. The lowest BCUT2D eigenvalue weighted by Gasteiger charge is -2.31. The van der Waals surface area contributed by atoms with Crippen LogP contribution in [0.4, 0.5) is 5.69 Å². The van der Waals surface area contributed by atoms with Gasteiger partial charge in [0.15, 0.2) is 0 Å². The molecule has 0 aromatic heterocycles. The summed E-state index contributed by atoms with van der Waals surface area (Å²) in [5, 5.41) is 18.5. The monoisotopic (exact) mass is 223 g/mol. The third-order valence-corrected chi connectivity index (χ3v) is 2.86. The Morgan fingerprint density at radius 2 is 1.62 bits per heavy atom. The van der Waals surface area contributed by atoms with Crippen molar-refractivity contribution in [2.75, 3.05) is 31.7 Å². The van der Waals surface area contributed by atoms with E-state index in [1.807, 2.05) is 31.0 Å². The van der Waals surface area contributed by atoms with Gasteiger partial charge in [-0.05, 0) is 19.1 Å². The number of hydrogen-bond acceptors (Lipinski definition) is 3. The van der Waals surface area contributed by atoms with E-state index in [4.69, 9.17) is 0 Å². The number of rotatable bonds is 5. The van der Waals surface area contributed by atoms with Crippen LogP contribution < -0.4 is 4.90 Å². The lowest BCUT2D eigenvalue weighted by Crippen LogP contribution is -2.39. The standard InChI is InChI=1S/C13H21NO2/c1-11-4-6-12(7-5-11)14(3)8-13(2,9-15)10-16/h4-7,15-16H,8-10H2,1-3H3. The highest BCUT2D eigenvalue weighted by Gasteiger charge is 2.24. The largest absolute Gasteiger partial charge is 0.396 e. The SMILES string of the molecule is Cc1ccc(N(C)CC(C)(CO)CO)cc1. The minimum atomic E-state index is -0.459. The molecule has 0 atom stereocenters. The molecule has 0 unspecified atom stereocenters. The van der Waals surface area contributed by atoms with Gasteiger partial charge in [-0.2, -0.15) is 0 Å². The molecule has 16 heavy (non-hydrogen) atoms. The second-order valence-corrected chi connectivity index (χ2v) is 4.82. The third-order valence-electron chi connectivity index (χ3n) is 2.86. The molecule has 3 heteroatoms. The summed E-state index contributed by atoms with van der Waals surface area (Å²) in [5.41, 5.74) is 1.86. The Balaban J connectivity index is 2.71. The first kappa shape index (κ1) is 13.0. The number of hydrogen-bond donors (Lipinski definition) is 2. The van der Waals surface area contributed by atoms with Gasteiger partial charge in [0.2, 0.25) is 0 Å². The molecule has 90 valence electrons. The zero-order valence-corrected chi connectivity index (χ0v) is 10.3. The Morgan fingerprint density at radius 1 is 1.12 bits per heavy atom. The Morgan fingerprint density at radius 3 is 2.06 bits per heavy atom. The summed E-state index contributed by atoms with van der Waals surface area (Å²) < 4.78 is 0. The number of anilines is 1. The van der Waals surface area contributed by atoms with Gasteiger partial charge in [0, 0.05) is 24.7 Å². The summed E-state index contributed by atoms with van der Waals surface area (Å²) in [6.45, 7) is 4.52. The molecule has 0 saturated carbocycles. The number of aliphatic hydroxyl groups excluding tert-OH is 2. The first-order valence-electron chi connectivity index (χ1n) is 5.50. The molecule has 0 aliphatic carbocycles. The maximum absolute atomic E-state index is 9.24. The maximum Gasteiger partial charge on any atom is 0.0523 e. The summed E-state index contributed by atoms with van der Waals surface area (Å²) >= 11 is 0.